The predicted octanol–water partition coefficient (Wildman–Crippen LogP) is 4.35. The fourth-order valence-corrected chi connectivity index (χ4v) is 3.33. The number of nitrogens with one attached hydrogen (secondary N) is 2. The van der Waals surface area contributed by atoms with E-state index in [4.69, 9.17) is 14.2 Å². The highest BCUT2D eigenvalue weighted by molar-refractivity contribution is 5.83. The zero-order valence-electron chi connectivity index (χ0n) is 19.3. The minimum Gasteiger partial charge on any atom is -0.444 e. The maximum Gasteiger partial charge on any atom is 0.413 e. The maximum absolute atomic E-state index is 12.4. The van der Waals surface area contributed by atoms with Crippen LogP contribution in [-0.2, 0) is 26.4 Å². The molecular weight excluding hydrogens is 412 g/mol. The molecule has 1 aromatic carbocycles. The third-order valence-electron chi connectivity index (χ3n) is 4.78. The average Bonchev–Trinajstić information content (AvgIpc) is 3.33. The van der Waals surface area contributed by atoms with Crippen molar-refractivity contribution in [3.8, 4) is 0 Å². The van der Waals surface area contributed by atoms with Crippen LogP contribution >= 0.6 is 0 Å². The molecule has 2 amide bonds. The molecule has 1 fully saturated rings. The summed E-state index contributed by atoms with van der Waals surface area (Å²) in [4.78, 5) is 24.2. The summed E-state index contributed by atoms with van der Waals surface area (Å²) in [5.74, 6) is 0.510. The monoisotopic (exact) mass is 444 g/mol. The lowest BCUT2D eigenvalue weighted by atomic mass is 10.1. The Labute approximate surface area is 188 Å². The summed E-state index contributed by atoms with van der Waals surface area (Å²) in [7, 11) is 0. The number of hydrogen-bond acceptors (Lipinski definition) is 6. The third-order valence-corrected chi connectivity index (χ3v) is 4.78. The number of rotatable bonds is 6. The third kappa shape index (κ3) is 6.46. The largest absolute Gasteiger partial charge is 0.444 e. The van der Waals surface area contributed by atoms with Crippen molar-refractivity contribution in [3.63, 3.8) is 0 Å². The van der Waals surface area contributed by atoms with Crippen LogP contribution < -0.4 is 10.6 Å². The number of carbonyl (C=O) groups excluding carboxylic acids is 2. The van der Waals surface area contributed by atoms with Gasteiger partial charge in [-0.1, -0.05) is 30.3 Å². The molecule has 1 saturated heterocycles. The second-order valence-electron chi connectivity index (χ2n) is 9.11. The van der Waals surface area contributed by atoms with Crippen molar-refractivity contribution < 1.29 is 23.8 Å². The van der Waals surface area contributed by atoms with Gasteiger partial charge < -0.3 is 19.5 Å². The van der Waals surface area contributed by atoms with Gasteiger partial charge in [-0.25, -0.2) is 14.3 Å². The van der Waals surface area contributed by atoms with Crippen LogP contribution in [0.15, 0.2) is 36.4 Å². The fourth-order valence-electron chi connectivity index (χ4n) is 3.33. The first-order valence-electron chi connectivity index (χ1n) is 10.8. The molecule has 9 heteroatoms. The minimum absolute atomic E-state index is 0.00150. The van der Waals surface area contributed by atoms with Crippen LogP contribution in [0.25, 0.3) is 0 Å². The van der Waals surface area contributed by atoms with Gasteiger partial charge in [-0.2, -0.15) is 5.10 Å². The molecule has 0 unspecified atom stereocenters. The average molecular weight is 445 g/mol. The van der Waals surface area contributed by atoms with Gasteiger partial charge in [0.1, 0.15) is 24.6 Å². The Balaban J connectivity index is 1.64. The number of ether oxygens (including phenoxy) is 3. The van der Waals surface area contributed by atoms with Crippen LogP contribution in [-0.4, -0.2) is 40.7 Å². The summed E-state index contributed by atoms with van der Waals surface area (Å²) in [6.07, 6.45) is -1.23. The van der Waals surface area contributed by atoms with Gasteiger partial charge in [0.2, 0.25) is 0 Å². The Hall–Kier alpha value is -3.07. The lowest BCUT2D eigenvalue weighted by molar-refractivity contribution is 0.0679. The van der Waals surface area contributed by atoms with Gasteiger partial charge in [0.25, 0.3) is 0 Å². The van der Waals surface area contributed by atoms with Crippen molar-refractivity contribution in [2.24, 2.45) is 0 Å². The lowest BCUT2D eigenvalue weighted by Gasteiger charge is -2.22. The molecule has 1 aliphatic rings. The molecule has 9 nitrogen and oxygen atoms in total. The van der Waals surface area contributed by atoms with Crippen LogP contribution in [0.4, 0.5) is 15.4 Å². The van der Waals surface area contributed by atoms with Gasteiger partial charge >= 0.3 is 12.2 Å². The number of carbonyl (C=O) groups is 2. The second-order valence-corrected chi connectivity index (χ2v) is 9.11. The van der Waals surface area contributed by atoms with Crippen LogP contribution in [0.2, 0.25) is 0 Å². The Bertz CT molecular complexity index is 920. The quantitative estimate of drug-likeness (QED) is 0.686. The van der Waals surface area contributed by atoms with E-state index in [2.05, 4.69) is 15.7 Å². The molecule has 32 heavy (non-hydrogen) atoms. The van der Waals surface area contributed by atoms with Gasteiger partial charge in [0.05, 0.1) is 17.8 Å². The highest BCUT2D eigenvalue weighted by Gasteiger charge is 2.33. The van der Waals surface area contributed by atoms with Gasteiger partial charge in [0.15, 0.2) is 0 Å². The molecule has 0 bridgehead atoms. The molecule has 2 heterocycles. The smallest absolute Gasteiger partial charge is 0.413 e. The van der Waals surface area contributed by atoms with Crippen molar-refractivity contribution >= 4 is 18.0 Å². The Morgan fingerprint density at radius 3 is 2.59 bits per heavy atom. The minimum atomic E-state index is -0.565. The number of anilines is 1. The summed E-state index contributed by atoms with van der Waals surface area (Å²) < 4.78 is 18.3. The first-order valence-corrected chi connectivity index (χ1v) is 10.8. The van der Waals surface area contributed by atoms with Crippen molar-refractivity contribution in [2.45, 2.75) is 71.4 Å². The number of nitrogens with zero attached hydrogens (tertiary/aromatic N) is 2. The summed E-state index contributed by atoms with van der Waals surface area (Å²) in [5.41, 5.74) is 1.18. The zero-order valence-corrected chi connectivity index (χ0v) is 19.3. The molecule has 1 aliphatic heterocycles. The van der Waals surface area contributed by atoms with Crippen molar-refractivity contribution in [2.75, 3.05) is 11.9 Å². The van der Waals surface area contributed by atoms with Gasteiger partial charge in [-0.3, -0.25) is 5.32 Å². The van der Waals surface area contributed by atoms with E-state index in [1.807, 2.05) is 65.0 Å². The molecule has 0 spiro atoms. The molecule has 174 valence electrons. The molecule has 3 rings (SSSR count). The van der Waals surface area contributed by atoms with E-state index in [1.54, 1.807) is 10.7 Å². The highest BCUT2D eigenvalue weighted by atomic mass is 16.6. The first kappa shape index (κ1) is 23.6. The van der Waals surface area contributed by atoms with E-state index < -0.39 is 12.2 Å². The second kappa shape index (κ2) is 10.0. The summed E-state index contributed by atoms with van der Waals surface area (Å²) in [6.45, 7) is 10.2. The number of benzene rings is 1. The first-order chi connectivity index (χ1) is 15.1. The molecule has 2 aromatic rings. The number of aromatic nitrogens is 2. The highest BCUT2D eigenvalue weighted by Crippen LogP contribution is 2.33. The van der Waals surface area contributed by atoms with E-state index in [1.165, 1.54) is 0 Å². The Kier molecular flexibility index (Phi) is 7.40. The van der Waals surface area contributed by atoms with Crippen molar-refractivity contribution in [1.29, 1.82) is 0 Å². The molecule has 2 atom stereocenters. The molecule has 0 aliphatic carbocycles. The molecule has 0 radical (unpaired) electrons. The van der Waals surface area contributed by atoms with E-state index in [-0.39, 0.29) is 30.4 Å². The van der Waals surface area contributed by atoms with Crippen LogP contribution in [0.5, 0.6) is 0 Å². The number of alkyl carbamates (subject to hydrolysis) is 1. The topological polar surface area (TPSA) is 104 Å². The summed E-state index contributed by atoms with van der Waals surface area (Å²) >= 11 is 0. The van der Waals surface area contributed by atoms with Gasteiger partial charge in [-0.15, -0.1) is 0 Å². The fraction of sp³-hybridized carbons (Fsp3) is 0.522. The zero-order chi connectivity index (χ0) is 23.3. The predicted molar refractivity (Wildman–Crippen MR) is 119 cm³/mol. The van der Waals surface area contributed by atoms with Crippen LogP contribution in [0, 0.1) is 0 Å². The SMILES string of the molecule is CC(C)NC(=O)O[C@@H]1CO[C@H](c2cc(NC(=O)OCc3ccccc3)n(C(C)(C)C)n2)C1. The molecule has 1 aromatic heterocycles. The normalized spacial score (nSPS) is 18.4. The van der Waals surface area contributed by atoms with E-state index in [0.29, 0.717) is 24.5 Å². The van der Waals surface area contributed by atoms with Crippen molar-refractivity contribution in [3.05, 3.63) is 47.7 Å². The lowest BCUT2D eigenvalue weighted by Crippen LogP contribution is -2.33. The van der Waals surface area contributed by atoms with E-state index in [9.17, 15) is 9.59 Å². The Morgan fingerprint density at radius 2 is 1.94 bits per heavy atom. The molecular formula is C23H32N4O5. The number of hydrogen-bond donors (Lipinski definition) is 2. The Morgan fingerprint density at radius 1 is 1.22 bits per heavy atom. The van der Waals surface area contributed by atoms with Gasteiger partial charge in [0, 0.05) is 18.5 Å². The number of amides is 2. The summed E-state index contributed by atoms with van der Waals surface area (Å²) in [5, 5.41) is 10.2. The van der Waals surface area contributed by atoms with Crippen LogP contribution in [0.1, 0.15) is 58.4 Å². The molecule has 2 N–H and O–H groups in total. The molecule has 0 saturated carbocycles. The summed E-state index contributed by atoms with van der Waals surface area (Å²) in [6, 6.07) is 11.2. The van der Waals surface area contributed by atoms with E-state index in [0.717, 1.165) is 5.56 Å². The van der Waals surface area contributed by atoms with E-state index >= 15 is 0 Å². The van der Waals surface area contributed by atoms with Crippen molar-refractivity contribution in [1.82, 2.24) is 15.1 Å². The van der Waals surface area contributed by atoms with Crippen LogP contribution in [0.3, 0.4) is 0 Å². The van der Waals surface area contributed by atoms with Gasteiger partial charge in [-0.05, 0) is 40.2 Å². The standard InChI is InChI=1S/C23H32N4O5/c1-15(2)24-22(29)32-17-11-19(30-14-17)18-12-20(27(26-18)23(3,4)5)25-21(28)31-13-16-9-7-6-8-10-16/h6-10,12,15,17,19H,11,13-14H2,1-5H3,(H,24,29)(H,25,28)/t17-,19-/m0/s1. The maximum atomic E-state index is 12.4.